The molecule has 0 aliphatic carbocycles. The molecule has 0 amide bonds. The van der Waals surface area contributed by atoms with Crippen LogP contribution in [0.1, 0.15) is 53.1 Å². The largest absolute Gasteiger partial charge is 0.335 e. The molecule has 0 saturated heterocycles. The van der Waals surface area contributed by atoms with Gasteiger partial charge >= 0.3 is 11.5 Å². The average Bonchev–Trinajstić information content (AvgIpc) is 2.44. The fraction of sp³-hybridized carbons (Fsp3) is 0.421. The van der Waals surface area contributed by atoms with Gasteiger partial charge in [0.2, 0.25) is 0 Å². The Balaban J connectivity index is 0.000000597. The van der Waals surface area contributed by atoms with Crippen LogP contribution in [0.15, 0.2) is 40.8 Å². The van der Waals surface area contributed by atoms with Gasteiger partial charge in [-0.1, -0.05) is 23.7 Å². The molecule has 0 unspecified atom stereocenters. The van der Waals surface area contributed by atoms with Crippen molar-refractivity contribution in [3.05, 3.63) is 52.9 Å². The molecule has 0 fully saturated rings. The molecule has 5 nitrogen and oxygen atoms in total. The highest BCUT2D eigenvalue weighted by Gasteiger charge is 2.33. The molecule has 0 radical (unpaired) electrons. The lowest BCUT2D eigenvalue weighted by atomic mass is 9.87. The summed E-state index contributed by atoms with van der Waals surface area (Å²) in [7, 11) is -4.94. The van der Waals surface area contributed by atoms with Crippen molar-refractivity contribution in [1.29, 1.82) is 0 Å². The quantitative estimate of drug-likeness (QED) is 0.675. The van der Waals surface area contributed by atoms with Gasteiger partial charge in [-0.15, -0.1) is 10.2 Å². The van der Waals surface area contributed by atoms with Crippen molar-refractivity contribution >= 4 is 11.6 Å². The van der Waals surface area contributed by atoms with Crippen LogP contribution in [0.5, 0.6) is 0 Å². The maximum Gasteiger partial charge on any atom is 0.335 e. The summed E-state index contributed by atoms with van der Waals surface area (Å²) in [6.07, 6.45) is 0. The zero-order chi connectivity index (χ0) is 20.3. The van der Waals surface area contributed by atoms with Crippen LogP contribution in [0.2, 0.25) is 5.02 Å². The summed E-state index contributed by atoms with van der Waals surface area (Å²) in [5, 5.41) is 0.756. The first-order valence-corrected chi connectivity index (χ1v) is 9.55. The van der Waals surface area contributed by atoms with Gasteiger partial charge in [0.25, 0.3) is 0 Å². The van der Waals surface area contributed by atoms with Crippen LogP contribution < -0.4 is 18.6 Å². The van der Waals surface area contributed by atoms with Crippen LogP contribution in [0.3, 0.4) is 0 Å². The van der Waals surface area contributed by atoms with Crippen molar-refractivity contribution in [2.45, 2.75) is 52.4 Å². The van der Waals surface area contributed by atoms with E-state index in [9.17, 15) is 0 Å². The van der Waals surface area contributed by atoms with E-state index in [1.165, 1.54) is 5.56 Å². The van der Waals surface area contributed by atoms with Gasteiger partial charge in [0, 0.05) is 17.2 Å². The summed E-state index contributed by atoms with van der Waals surface area (Å²) >= 11 is 5.99. The Kier molecular flexibility index (Phi) is 7.21. The molecule has 1 aromatic heterocycles. The van der Waals surface area contributed by atoms with Gasteiger partial charge in [0.15, 0.2) is 0 Å². The van der Waals surface area contributed by atoms with E-state index in [1.54, 1.807) is 0 Å². The smallest absolute Gasteiger partial charge is 0.222 e. The van der Waals surface area contributed by atoms with E-state index < -0.39 is 10.2 Å². The SMILES string of the molecule is CC(C)(C)c1cc(-c2ccc(Cl)cc2)cc(C(C)(C)C)[o+]1.[O-][Cl+3]([O-])([O-])[O-]. The van der Waals surface area contributed by atoms with E-state index in [1.807, 2.05) is 12.1 Å². The fourth-order valence-corrected chi connectivity index (χ4v) is 2.18. The molecule has 0 atom stereocenters. The second-order valence-electron chi connectivity index (χ2n) is 7.96. The van der Waals surface area contributed by atoms with Gasteiger partial charge in [0.05, 0.1) is 10.8 Å². The molecule has 0 spiro atoms. The lowest BCUT2D eigenvalue weighted by Gasteiger charge is -2.17. The minimum atomic E-state index is -4.94. The molecule has 0 bridgehead atoms. The number of rotatable bonds is 1. The van der Waals surface area contributed by atoms with E-state index >= 15 is 0 Å². The molecule has 0 aliphatic heterocycles. The average molecular weight is 403 g/mol. The molecule has 7 heteroatoms. The first-order valence-electron chi connectivity index (χ1n) is 7.94. The molecular formula is C19H24Cl2O5. The molecule has 0 N–H and O–H groups in total. The predicted molar refractivity (Wildman–Crippen MR) is 91.0 cm³/mol. The third-order valence-electron chi connectivity index (χ3n) is 3.45. The maximum atomic E-state index is 8.49. The molecule has 2 aromatic rings. The minimum absolute atomic E-state index is 0.0254. The molecule has 26 heavy (non-hydrogen) atoms. The minimum Gasteiger partial charge on any atom is -0.222 e. The Morgan fingerprint density at radius 1 is 0.731 bits per heavy atom. The summed E-state index contributed by atoms with van der Waals surface area (Å²) in [4.78, 5) is 0. The lowest BCUT2D eigenvalue weighted by molar-refractivity contribution is -2.00. The standard InChI is InChI=1S/C19H24ClO.ClHO4/c1-18(2,3)16-11-14(12-17(21-16)19(4,5)6)13-7-9-15(20)10-8-13;2-1(3,4)5/h7-12H,1-6H3;(H,2,3,4,5)/q+1;/p-1. The van der Waals surface area contributed by atoms with Crippen LogP contribution in [-0.2, 0) is 10.8 Å². The summed E-state index contributed by atoms with van der Waals surface area (Å²) in [5.74, 6) is 2.00. The van der Waals surface area contributed by atoms with E-state index in [0.29, 0.717) is 0 Å². The Bertz CT molecular complexity index is 685. The Hall–Kier alpha value is -1.21. The van der Waals surface area contributed by atoms with Gasteiger partial charge < -0.3 is 0 Å². The normalized spacial score (nSPS) is 12.4. The number of hydrogen-bond acceptors (Lipinski definition) is 4. The highest BCUT2D eigenvalue weighted by Crippen LogP contribution is 2.34. The second kappa shape index (κ2) is 8.21. The van der Waals surface area contributed by atoms with Crippen LogP contribution >= 0.6 is 11.6 Å². The Labute approximate surface area is 161 Å². The Morgan fingerprint density at radius 3 is 1.38 bits per heavy atom. The molecule has 144 valence electrons. The van der Waals surface area contributed by atoms with Crippen molar-refractivity contribution in [2.75, 3.05) is 0 Å². The number of halogens is 2. The van der Waals surface area contributed by atoms with Crippen LogP contribution in [0.25, 0.3) is 11.1 Å². The molecule has 0 aliphatic rings. The van der Waals surface area contributed by atoms with E-state index in [4.69, 9.17) is 34.7 Å². The van der Waals surface area contributed by atoms with Crippen LogP contribution in [0.4, 0.5) is 0 Å². The summed E-state index contributed by atoms with van der Waals surface area (Å²) < 4.78 is 40.1. The van der Waals surface area contributed by atoms with Gasteiger partial charge in [-0.3, -0.25) is 0 Å². The van der Waals surface area contributed by atoms with Crippen molar-refractivity contribution in [1.82, 2.24) is 0 Å². The lowest BCUT2D eigenvalue weighted by Crippen LogP contribution is -2.68. The van der Waals surface area contributed by atoms with Crippen molar-refractivity contribution in [2.24, 2.45) is 0 Å². The van der Waals surface area contributed by atoms with Crippen molar-refractivity contribution in [3.63, 3.8) is 0 Å². The zero-order valence-electron chi connectivity index (χ0n) is 15.8. The van der Waals surface area contributed by atoms with Gasteiger partial charge in [-0.2, -0.15) is 0 Å². The first-order chi connectivity index (χ1) is 11.6. The molecule has 1 aromatic carbocycles. The van der Waals surface area contributed by atoms with Gasteiger partial charge in [-0.25, -0.2) is 23.1 Å². The molecule has 1 heterocycles. The number of benzene rings is 1. The third-order valence-corrected chi connectivity index (χ3v) is 3.70. The first kappa shape index (κ1) is 22.8. The summed E-state index contributed by atoms with van der Waals surface area (Å²) in [6, 6.07) is 12.2. The molecule has 2 rings (SSSR count). The topological polar surface area (TPSA) is 104 Å². The second-order valence-corrected chi connectivity index (χ2v) is 9.15. The van der Waals surface area contributed by atoms with Crippen molar-refractivity contribution in [3.8, 4) is 11.1 Å². The van der Waals surface area contributed by atoms with Crippen molar-refractivity contribution < 1.29 is 33.3 Å². The highest BCUT2D eigenvalue weighted by molar-refractivity contribution is 6.30. The molecular weight excluding hydrogens is 379 g/mol. The van der Waals surface area contributed by atoms with Gasteiger partial charge in [-0.05, 0) is 64.8 Å². The predicted octanol–water partition coefficient (Wildman–Crippen LogP) is 1.72. The van der Waals surface area contributed by atoms with Gasteiger partial charge in [0.1, 0.15) is 0 Å². The number of hydrogen-bond donors (Lipinski definition) is 0. The summed E-state index contributed by atoms with van der Waals surface area (Å²) in [6.45, 7) is 13.0. The van der Waals surface area contributed by atoms with E-state index in [0.717, 1.165) is 22.1 Å². The highest BCUT2D eigenvalue weighted by atomic mass is 35.7. The zero-order valence-corrected chi connectivity index (χ0v) is 17.3. The maximum absolute atomic E-state index is 8.49. The van der Waals surface area contributed by atoms with E-state index in [2.05, 4.69) is 65.8 Å². The summed E-state index contributed by atoms with van der Waals surface area (Å²) in [5.41, 5.74) is 2.28. The van der Waals surface area contributed by atoms with E-state index in [-0.39, 0.29) is 10.8 Å². The Morgan fingerprint density at radius 2 is 1.08 bits per heavy atom. The van der Waals surface area contributed by atoms with Crippen LogP contribution in [0, 0.1) is 10.2 Å². The fourth-order valence-electron chi connectivity index (χ4n) is 2.05. The van der Waals surface area contributed by atoms with Crippen LogP contribution in [-0.4, -0.2) is 0 Å². The molecule has 0 saturated carbocycles. The monoisotopic (exact) mass is 402 g/mol. The third kappa shape index (κ3) is 7.99.